The van der Waals surface area contributed by atoms with E-state index in [9.17, 15) is 14.9 Å². The summed E-state index contributed by atoms with van der Waals surface area (Å²) in [7, 11) is 0. The Kier molecular flexibility index (Phi) is 4.39. The van der Waals surface area contributed by atoms with Crippen molar-refractivity contribution in [2.75, 3.05) is 6.61 Å². The van der Waals surface area contributed by atoms with Crippen LogP contribution in [0.15, 0.2) is 12.1 Å². The largest absolute Gasteiger partial charge is 0.462 e. The summed E-state index contributed by atoms with van der Waals surface area (Å²) < 4.78 is 5.19. The molecule has 0 saturated carbocycles. The summed E-state index contributed by atoms with van der Waals surface area (Å²) in [5, 5.41) is 19.7. The molecule has 6 nitrogen and oxygen atoms in total. The van der Waals surface area contributed by atoms with Crippen LogP contribution in [0.2, 0.25) is 0 Å². The van der Waals surface area contributed by atoms with Crippen molar-refractivity contribution in [2.45, 2.75) is 6.92 Å². The molecule has 0 aliphatic rings. The van der Waals surface area contributed by atoms with E-state index >= 15 is 0 Å². The first-order valence-electron chi connectivity index (χ1n) is 4.57. The fraction of sp³-hybridized carbons (Fsp3) is 0.200. The van der Waals surface area contributed by atoms with Crippen molar-refractivity contribution in [2.24, 2.45) is 0 Å². The van der Waals surface area contributed by atoms with Crippen LogP contribution in [-0.2, 0) is 4.74 Å². The van der Waals surface area contributed by atoms with Crippen molar-refractivity contribution < 1.29 is 14.5 Å². The number of nitriles is 1. The Labute approximate surface area is 110 Å². The van der Waals surface area contributed by atoms with Crippen LogP contribution in [0.5, 0.6) is 0 Å². The first-order chi connectivity index (χ1) is 8.02. The van der Waals surface area contributed by atoms with Crippen LogP contribution in [0.25, 0.3) is 0 Å². The minimum Gasteiger partial charge on any atom is -0.462 e. The first-order valence-corrected chi connectivity index (χ1v) is 5.64. The predicted octanol–water partition coefficient (Wildman–Crippen LogP) is 2.25. The Bertz CT molecular complexity index is 522. The van der Waals surface area contributed by atoms with Gasteiger partial charge in [-0.05, 0) is 35.6 Å². The topological polar surface area (TPSA) is 93.2 Å². The van der Waals surface area contributed by atoms with Crippen molar-refractivity contribution in [3.63, 3.8) is 0 Å². The van der Waals surface area contributed by atoms with Gasteiger partial charge in [-0.1, -0.05) is 0 Å². The Morgan fingerprint density at radius 1 is 1.65 bits per heavy atom. The van der Waals surface area contributed by atoms with Crippen LogP contribution in [0.1, 0.15) is 22.8 Å². The number of nitro groups is 1. The zero-order chi connectivity index (χ0) is 13.0. The maximum atomic E-state index is 11.6. The van der Waals surface area contributed by atoms with E-state index in [0.29, 0.717) is 3.57 Å². The van der Waals surface area contributed by atoms with Crippen molar-refractivity contribution in [3.05, 3.63) is 36.9 Å². The predicted molar refractivity (Wildman–Crippen MR) is 66.5 cm³/mol. The summed E-state index contributed by atoms with van der Waals surface area (Å²) in [6.07, 6.45) is 0. The molecule has 1 aromatic carbocycles. The van der Waals surface area contributed by atoms with Crippen LogP contribution in [0.3, 0.4) is 0 Å². The number of carbonyl (C=O) groups excluding carboxylic acids is 1. The van der Waals surface area contributed by atoms with Gasteiger partial charge in [-0.2, -0.15) is 5.26 Å². The summed E-state index contributed by atoms with van der Waals surface area (Å²) in [6.45, 7) is 1.68. The number of benzene rings is 1. The molecule has 88 valence electrons. The quantitative estimate of drug-likeness (QED) is 0.362. The average molecular weight is 346 g/mol. The molecule has 0 saturated heterocycles. The Morgan fingerprint density at radius 2 is 2.29 bits per heavy atom. The van der Waals surface area contributed by atoms with E-state index < -0.39 is 16.6 Å². The second-order valence-corrected chi connectivity index (χ2v) is 4.07. The highest BCUT2D eigenvalue weighted by atomic mass is 127. The third kappa shape index (κ3) is 2.71. The molecule has 0 amide bonds. The van der Waals surface area contributed by atoms with E-state index in [0.717, 1.165) is 0 Å². The van der Waals surface area contributed by atoms with Gasteiger partial charge in [0.1, 0.15) is 6.07 Å². The lowest BCUT2D eigenvalue weighted by molar-refractivity contribution is -0.385. The van der Waals surface area contributed by atoms with Crippen LogP contribution in [-0.4, -0.2) is 17.5 Å². The molecule has 0 unspecified atom stereocenters. The molecule has 0 aliphatic heterocycles. The van der Waals surface area contributed by atoms with E-state index in [-0.39, 0.29) is 17.7 Å². The number of nitrogens with zero attached hydrogens (tertiary/aromatic N) is 2. The molecule has 0 fully saturated rings. The molecule has 0 radical (unpaired) electrons. The summed E-state index contributed by atoms with van der Waals surface area (Å²) in [4.78, 5) is 21.7. The summed E-state index contributed by atoms with van der Waals surface area (Å²) in [5.41, 5.74) is -0.732. The molecule has 0 aromatic heterocycles. The van der Waals surface area contributed by atoms with Gasteiger partial charge in [-0.25, -0.2) is 4.79 Å². The maximum Gasteiger partial charge on any atom is 0.346 e. The van der Waals surface area contributed by atoms with Gasteiger partial charge in [0, 0.05) is 9.64 Å². The van der Waals surface area contributed by atoms with Gasteiger partial charge < -0.3 is 4.74 Å². The lowest BCUT2D eigenvalue weighted by atomic mass is 10.1. The van der Waals surface area contributed by atoms with Gasteiger partial charge in [0.15, 0.2) is 5.56 Å². The molecule has 1 aromatic rings. The molecule has 0 N–H and O–H groups in total. The lowest BCUT2D eigenvalue weighted by Gasteiger charge is -2.05. The summed E-state index contributed by atoms with van der Waals surface area (Å²) in [6, 6.07) is 4.39. The first kappa shape index (κ1) is 13.4. The summed E-state index contributed by atoms with van der Waals surface area (Å²) in [5.74, 6) is -0.853. The maximum absolute atomic E-state index is 11.6. The van der Waals surface area contributed by atoms with Crippen molar-refractivity contribution in [3.8, 4) is 6.07 Å². The molecular formula is C10H7IN2O4. The van der Waals surface area contributed by atoms with Crippen LogP contribution in [0.4, 0.5) is 5.69 Å². The van der Waals surface area contributed by atoms with Gasteiger partial charge in [0.2, 0.25) is 0 Å². The van der Waals surface area contributed by atoms with Gasteiger partial charge in [0.25, 0.3) is 5.69 Å². The fourth-order valence-corrected chi connectivity index (χ4v) is 1.81. The van der Waals surface area contributed by atoms with E-state index in [4.69, 9.17) is 10.00 Å². The zero-order valence-corrected chi connectivity index (χ0v) is 10.9. The van der Waals surface area contributed by atoms with Crippen molar-refractivity contribution in [1.82, 2.24) is 0 Å². The molecule has 0 aliphatic carbocycles. The third-order valence-corrected chi connectivity index (χ3v) is 2.82. The number of hydrogen-bond donors (Lipinski definition) is 0. The second-order valence-electron chi connectivity index (χ2n) is 2.91. The molecule has 7 heteroatoms. The summed E-state index contributed by atoms with van der Waals surface area (Å²) >= 11 is 1.83. The molecule has 0 spiro atoms. The smallest absolute Gasteiger partial charge is 0.346 e. The Morgan fingerprint density at radius 3 is 2.76 bits per heavy atom. The number of esters is 1. The lowest BCUT2D eigenvalue weighted by Crippen LogP contribution is -2.11. The highest BCUT2D eigenvalue weighted by molar-refractivity contribution is 14.1. The Balaban J connectivity index is 3.51. The van der Waals surface area contributed by atoms with E-state index in [1.54, 1.807) is 13.0 Å². The zero-order valence-electron chi connectivity index (χ0n) is 8.77. The van der Waals surface area contributed by atoms with Crippen LogP contribution < -0.4 is 0 Å². The number of carbonyl (C=O) groups is 1. The molecule has 17 heavy (non-hydrogen) atoms. The number of halogens is 1. The van der Waals surface area contributed by atoms with E-state index in [1.807, 2.05) is 22.6 Å². The van der Waals surface area contributed by atoms with Crippen LogP contribution in [0, 0.1) is 25.0 Å². The van der Waals surface area contributed by atoms with Crippen molar-refractivity contribution >= 4 is 34.2 Å². The average Bonchev–Trinajstić information content (AvgIpc) is 2.28. The van der Waals surface area contributed by atoms with Gasteiger partial charge in [-0.15, -0.1) is 0 Å². The molecular weight excluding hydrogens is 339 g/mol. The number of rotatable bonds is 3. The molecule has 0 atom stereocenters. The van der Waals surface area contributed by atoms with E-state index in [1.165, 1.54) is 12.1 Å². The van der Waals surface area contributed by atoms with Gasteiger partial charge in [0.05, 0.1) is 17.1 Å². The highest BCUT2D eigenvalue weighted by Gasteiger charge is 2.27. The Hall–Kier alpha value is -1.69. The molecule has 1 rings (SSSR count). The van der Waals surface area contributed by atoms with Crippen molar-refractivity contribution in [1.29, 1.82) is 5.26 Å². The highest BCUT2D eigenvalue weighted by Crippen LogP contribution is 2.26. The van der Waals surface area contributed by atoms with Crippen LogP contribution >= 0.6 is 22.6 Å². The third-order valence-electron chi connectivity index (χ3n) is 1.92. The SMILES string of the molecule is CCOC(=O)c1c([N+](=O)[O-])ccc(I)c1C#N. The molecule has 0 bridgehead atoms. The normalized spacial score (nSPS) is 9.47. The number of nitro benzene ring substituents is 1. The van der Waals surface area contributed by atoms with Gasteiger partial charge >= 0.3 is 5.97 Å². The number of hydrogen-bond acceptors (Lipinski definition) is 5. The van der Waals surface area contributed by atoms with E-state index in [2.05, 4.69) is 0 Å². The monoisotopic (exact) mass is 346 g/mol. The minimum atomic E-state index is -0.853. The molecule has 0 heterocycles. The standard InChI is InChI=1S/C10H7IN2O4/c1-2-17-10(14)9-6(5-12)7(11)3-4-8(9)13(15)16/h3-4H,2H2,1H3. The van der Waals surface area contributed by atoms with Gasteiger partial charge in [-0.3, -0.25) is 10.1 Å². The fourth-order valence-electron chi connectivity index (χ4n) is 1.24. The second kappa shape index (κ2) is 5.58. The minimum absolute atomic E-state index is 0.0294. The number of ether oxygens (including phenoxy) is 1.